The molecule has 1 aliphatic rings. The van der Waals surface area contributed by atoms with E-state index < -0.39 is 10.0 Å². The molecule has 5 nitrogen and oxygen atoms in total. The molecule has 1 aromatic carbocycles. The van der Waals surface area contributed by atoms with E-state index in [9.17, 15) is 8.42 Å². The van der Waals surface area contributed by atoms with Crippen molar-refractivity contribution in [2.45, 2.75) is 11.3 Å². The second-order valence-electron chi connectivity index (χ2n) is 4.27. The largest absolute Gasteiger partial charge is 0.399 e. The van der Waals surface area contributed by atoms with Gasteiger partial charge in [0, 0.05) is 25.4 Å². The van der Waals surface area contributed by atoms with Crippen LogP contribution in [0.5, 0.6) is 0 Å². The van der Waals surface area contributed by atoms with Crippen LogP contribution in [-0.4, -0.2) is 37.5 Å². The van der Waals surface area contributed by atoms with Crippen LogP contribution in [0.3, 0.4) is 0 Å². The summed E-state index contributed by atoms with van der Waals surface area (Å²) in [6, 6.07) is 6.17. The van der Waals surface area contributed by atoms with Crippen LogP contribution in [0.15, 0.2) is 29.2 Å². The second-order valence-corrected chi connectivity index (χ2v) is 6.21. The Morgan fingerprint density at radius 1 is 1.35 bits per heavy atom. The maximum absolute atomic E-state index is 12.2. The number of aliphatic hydroxyl groups is 1. The zero-order chi connectivity index (χ0) is 12.5. The fourth-order valence-electron chi connectivity index (χ4n) is 1.95. The zero-order valence-corrected chi connectivity index (χ0v) is 10.2. The highest BCUT2D eigenvalue weighted by atomic mass is 32.2. The van der Waals surface area contributed by atoms with E-state index in [1.165, 1.54) is 16.4 Å². The van der Waals surface area contributed by atoms with Gasteiger partial charge in [0.25, 0.3) is 0 Å². The summed E-state index contributed by atoms with van der Waals surface area (Å²) in [5.41, 5.74) is 6.07. The first-order valence-corrected chi connectivity index (χ1v) is 6.94. The first-order valence-electron chi connectivity index (χ1n) is 5.50. The Labute approximate surface area is 101 Å². The molecule has 17 heavy (non-hydrogen) atoms. The minimum Gasteiger partial charge on any atom is -0.399 e. The fraction of sp³-hybridized carbons (Fsp3) is 0.455. The highest BCUT2D eigenvalue weighted by Crippen LogP contribution is 2.24. The minimum atomic E-state index is -3.43. The molecule has 1 atom stereocenters. The number of nitrogens with two attached hydrogens (primary N) is 1. The summed E-state index contributed by atoms with van der Waals surface area (Å²) >= 11 is 0. The molecule has 0 saturated carbocycles. The van der Waals surface area contributed by atoms with Gasteiger partial charge in [-0.2, -0.15) is 4.31 Å². The number of sulfonamides is 1. The number of hydrogen-bond donors (Lipinski definition) is 2. The van der Waals surface area contributed by atoms with Gasteiger partial charge in [0.1, 0.15) is 0 Å². The molecule has 0 amide bonds. The van der Waals surface area contributed by atoms with Crippen LogP contribution in [-0.2, 0) is 10.0 Å². The molecular weight excluding hydrogens is 240 g/mol. The number of anilines is 1. The Kier molecular flexibility index (Phi) is 3.37. The van der Waals surface area contributed by atoms with Crippen molar-refractivity contribution >= 4 is 15.7 Å². The molecule has 3 N–H and O–H groups in total. The lowest BCUT2D eigenvalue weighted by Crippen LogP contribution is -2.29. The average Bonchev–Trinajstić information content (AvgIpc) is 2.78. The first kappa shape index (κ1) is 12.3. The fourth-order valence-corrected chi connectivity index (χ4v) is 3.48. The number of rotatable bonds is 3. The van der Waals surface area contributed by atoms with E-state index in [0.29, 0.717) is 25.2 Å². The third-order valence-corrected chi connectivity index (χ3v) is 4.90. The number of aliphatic hydroxyl groups excluding tert-OH is 1. The van der Waals surface area contributed by atoms with Crippen LogP contribution in [0.1, 0.15) is 6.42 Å². The topological polar surface area (TPSA) is 83.6 Å². The van der Waals surface area contributed by atoms with Crippen molar-refractivity contribution in [1.29, 1.82) is 0 Å². The van der Waals surface area contributed by atoms with Crippen molar-refractivity contribution in [3.63, 3.8) is 0 Å². The average molecular weight is 256 g/mol. The van der Waals surface area contributed by atoms with Crippen molar-refractivity contribution in [1.82, 2.24) is 4.31 Å². The van der Waals surface area contributed by atoms with E-state index in [1.54, 1.807) is 12.1 Å². The lowest BCUT2D eigenvalue weighted by molar-refractivity contribution is 0.233. The van der Waals surface area contributed by atoms with Crippen LogP contribution in [0.25, 0.3) is 0 Å². The maximum atomic E-state index is 12.2. The molecule has 1 aromatic rings. The van der Waals surface area contributed by atoms with Crippen LogP contribution < -0.4 is 5.73 Å². The van der Waals surface area contributed by atoms with E-state index in [1.807, 2.05) is 0 Å². The van der Waals surface area contributed by atoms with Crippen molar-refractivity contribution in [2.75, 3.05) is 25.4 Å². The number of nitrogens with zero attached hydrogens (tertiary/aromatic N) is 1. The maximum Gasteiger partial charge on any atom is 0.243 e. The van der Waals surface area contributed by atoms with Crippen LogP contribution in [0.2, 0.25) is 0 Å². The van der Waals surface area contributed by atoms with Crippen molar-refractivity contribution in [3.8, 4) is 0 Å². The summed E-state index contributed by atoms with van der Waals surface area (Å²) in [6.45, 7) is 0.898. The molecule has 94 valence electrons. The molecule has 1 fully saturated rings. The highest BCUT2D eigenvalue weighted by Gasteiger charge is 2.31. The number of hydrogen-bond acceptors (Lipinski definition) is 4. The molecule has 0 spiro atoms. The van der Waals surface area contributed by atoms with Crippen LogP contribution in [0, 0.1) is 5.92 Å². The van der Waals surface area contributed by atoms with Gasteiger partial charge in [-0.25, -0.2) is 8.42 Å². The molecular formula is C11H16N2O3S. The number of nitrogen functional groups attached to an aromatic ring is 1. The first-order chi connectivity index (χ1) is 8.04. The van der Waals surface area contributed by atoms with Gasteiger partial charge in [0.2, 0.25) is 10.0 Å². The Morgan fingerprint density at radius 2 is 2.00 bits per heavy atom. The number of benzene rings is 1. The predicted molar refractivity (Wildman–Crippen MR) is 64.8 cm³/mol. The molecule has 0 radical (unpaired) electrons. The highest BCUT2D eigenvalue weighted by molar-refractivity contribution is 7.89. The molecule has 0 aliphatic carbocycles. The molecule has 1 aliphatic heterocycles. The third kappa shape index (κ3) is 2.43. The van der Waals surface area contributed by atoms with Gasteiger partial charge < -0.3 is 10.8 Å². The molecule has 6 heteroatoms. The van der Waals surface area contributed by atoms with Gasteiger partial charge in [-0.1, -0.05) is 0 Å². The van der Waals surface area contributed by atoms with Crippen molar-refractivity contribution < 1.29 is 13.5 Å². The van der Waals surface area contributed by atoms with Crippen LogP contribution in [0.4, 0.5) is 5.69 Å². The Morgan fingerprint density at radius 3 is 2.53 bits per heavy atom. The summed E-state index contributed by atoms with van der Waals surface area (Å²) in [5, 5.41) is 9.02. The van der Waals surface area contributed by atoms with Crippen molar-refractivity contribution in [3.05, 3.63) is 24.3 Å². The third-order valence-electron chi connectivity index (χ3n) is 3.02. The molecule has 0 aromatic heterocycles. The van der Waals surface area contributed by atoms with E-state index in [2.05, 4.69) is 0 Å². The van der Waals surface area contributed by atoms with Gasteiger partial charge in [0.05, 0.1) is 4.90 Å². The standard InChI is InChI=1S/C11H16N2O3S/c12-10-1-3-11(4-2-10)17(15,16)13-6-5-9(7-13)8-14/h1-4,9,14H,5-8,12H2. The van der Waals surface area contributed by atoms with E-state index in [4.69, 9.17) is 10.8 Å². The normalized spacial score (nSPS) is 21.8. The summed E-state index contributed by atoms with van der Waals surface area (Å²) in [4.78, 5) is 0.255. The summed E-state index contributed by atoms with van der Waals surface area (Å²) in [6.07, 6.45) is 0.713. The summed E-state index contributed by atoms with van der Waals surface area (Å²) in [7, 11) is -3.43. The van der Waals surface area contributed by atoms with E-state index >= 15 is 0 Å². The predicted octanol–water partition coefficient (Wildman–Crippen LogP) is 0.272. The molecule has 2 rings (SSSR count). The van der Waals surface area contributed by atoms with Gasteiger partial charge in [0.15, 0.2) is 0 Å². The zero-order valence-electron chi connectivity index (χ0n) is 9.41. The van der Waals surface area contributed by atoms with Gasteiger partial charge in [-0.05, 0) is 36.6 Å². The lowest BCUT2D eigenvalue weighted by Gasteiger charge is -2.16. The molecule has 0 bridgehead atoms. The van der Waals surface area contributed by atoms with E-state index in [-0.39, 0.29) is 17.4 Å². The molecule has 1 heterocycles. The molecule has 1 unspecified atom stereocenters. The van der Waals surface area contributed by atoms with Gasteiger partial charge in [-0.3, -0.25) is 0 Å². The van der Waals surface area contributed by atoms with Crippen molar-refractivity contribution in [2.24, 2.45) is 5.92 Å². The minimum absolute atomic E-state index is 0.0355. The monoisotopic (exact) mass is 256 g/mol. The van der Waals surface area contributed by atoms with Gasteiger partial charge in [-0.15, -0.1) is 0 Å². The Bertz CT molecular complexity index is 484. The SMILES string of the molecule is Nc1ccc(S(=O)(=O)N2CCC(CO)C2)cc1. The molecule has 1 saturated heterocycles. The van der Waals surface area contributed by atoms with Gasteiger partial charge >= 0.3 is 0 Å². The quantitative estimate of drug-likeness (QED) is 0.760. The summed E-state index contributed by atoms with van der Waals surface area (Å²) < 4.78 is 25.8. The summed E-state index contributed by atoms with van der Waals surface area (Å²) in [5.74, 6) is 0.0542. The second kappa shape index (κ2) is 4.64. The Hall–Kier alpha value is -1.11. The van der Waals surface area contributed by atoms with Crippen LogP contribution >= 0.6 is 0 Å². The smallest absolute Gasteiger partial charge is 0.243 e. The Balaban J connectivity index is 2.22. The lowest BCUT2D eigenvalue weighted by atomic mass is 10.1. The van der Waals surface area contributed by atoms with E-state index in [0.717, 1.165) is 0 Å².